The highest BCUT2D eigenvalue weighted by atomic mass is 35.5. The number of carbonyl (C=O) groups is 2. The number of nitrogens with zero attached hydrogens (tertiary/aromatic N) is 2. The van der Waals surface area contributed by atoms with Crippen LogP contribution in [0.3, 0.4) is 0 Å². The zero-order chi connectivity index (χ0) is 25.1. The van der Waals surface area contributed by atoms with Crippen LogP contribution in [0.25, 0.3) is 10.2 Å². The molecule has 6 nitrogen and oxygen atoms in total. The highest BCUT2D eigenvalue weighted by Crippen LogP contribution is 2.38. The number of hydrogen-bond acceptors (Lipinski definition) is 7. The third-order valence-corrected chi connectivity index (χ3v) is 8.84. The van der Waals surface area contributed by atoms with Gasteiger partial charge in [0.25, 0.3) is 5.91 Å². The van der Waals surface area contributed by atoms with E-state index in [0.29, 0.717) is 36.5 Å². The van der Waals surface area contributed by atoms with Gasteiger partial charge in [-0.1, -0.05) is 47.2 Å². The average molecular weight is 537 g/mol. The third kappa shape index (κ3) is 4.81. The second-order valence-corrected chi connectivity index (χ2v) is 11.0. The molecule has 0 atom stereocenters. The van der Waals surface area contributed by atoms with E-state index in [-0.39, 0.29) is 5.91 Å². The predicted octanol–water partition coefficient (Wildman–Crippen LogP) is 6.48. The van der Waals surface area contributed by atoms with E-state index in [4.69, 9.17) is 11.6 Å². The number of fused-ring (bicyclic) bond motifs is 1. The molecule has 9 heteroatoms. The van der Waals surface area contributed by atoms with Gasteiger partial charge in [-0.05, 0) is 72.8 Å². The van der Waals surface area contributed by atoms with Crippen LogP contribution in [0.15, 0.2) is 71.6 Å². The fourth-order valence-electron chi connectivity index (χ4n) is 4.51. The Morgan fingerprint density at radius 2 is 1.83 bits per heavy atom. The Hall–Kier alpha value is -3.07. The lowest BCUT2D eigenvalue weighted by Gasteiger charge is -2.39. The molecule has 0 radical (unpaired) electrons. The number of anilines is 2. The van der Waals surface area contributed by atoms with E-state index in [1.807, 2.05) is 72.6 Å². The summed E-state index contributed by atoms with van der Waals surface area (Å²) in [6.45, 7) is 1.01. The number of para-hydroxylation sites is 1. The predicted molar refractivity (Wildman–Crippen MR) is 149 cm³/mol. The summed E-state index contributed by atoms with van der Waals surface area (Å²) in [6.07, 6.45) is 2.11. The molecule has 1 aliphatic rings. The number of likely N-dealkylation sites (tertiary alicyclic amines) is 1. The van der Waals surface area contributed by atoms with Gasteiger partial charge in [0.05, 0.1) is 20.5 Å². The van der Waals surface area contributed by atoms with Gasteiger partial charge in [-0.15, -0.1) is 0 Å². The van der Waals surface area contributed by atoms with Crippen LogP contribution in [0.1, 0.15) is 28.8 Å². The molecule has 1 aliphatic heterocycles. The fraction of sp³-hybridized carbons (Fsp3) is 0.222. The summed E-state index contributed by atoms with van der Waals surface area (Å²) >= 11 is 9.50. The molecule has 2 N–H and O–H groups in total. The molecule has 0 saturated carbocycles. The maximum absolute atomic E-state index is 13.1. The van der Waals surface area contributed by atoms with Crippen molar-refractivity contribution in [2.45, 2.75) is 23.2 Å². The van der Waals surface area contributed by atoms with Crippen LogP contribution < -0.4 is 10.0 Å². The number of aldehydes is 1. The molecule has 1 fully saturated rings. The Morgan fingerprint density at radius 1 is 1.08 bits per heavy atom. The number of rotatable bonds is 7. The molecule has 4 aromatic rings. The maximum atomic E-state index is 13.1. The van der Waals surface area contributed by atoms with Crippen LogP contribution in [0.2, 0.25) is 5.02 Å². The average Bonchev–Trinajstić information content (AvgIpc) is 3.36. The molecule has 0 bridgehead atoms. The lowest BCUT2D eigenvalue weighted by molar-refractivity contribution is -0.114. The molecular formula is C27H25ClN4O2S2. The molecule has 1 amide bonds. The quantitative estimate of drug-likeness (QED) is 0.208. The van der Waals surface area contributed by atoms with Crippen molar-refractivity contribution in [2.24, 2.45) is 0 Å². The first-order valence-electron chi connectivity index (χ1n) is 11.6. The van der Waals surface area contributed by atoms with Gasteiger partial charge in [-0.3, -0.25) is 4.79 Å². The van der Waals surface area contributed by atoms with Crippen molar-refractivity contribution in [1.29, 1.82) is 0 Å². The lowest BCUT2D eigenvalue weighted by Crippen LogP contribution is -2.46. The summed E-state index contributed by atoms with van der Waals surface area (Å²) in [7, 11) is 1.87. The molecule has 36 heavy (non-hydrogen) atoms. The summed E-state index contributed by atoms with van der Waals surface area (Å²) in [5.74, 6) is -0.0281. The first kappa shape index (κ1) is 24.6. The van der Waals surface area contributed by atoms with Gasteiger partial charge < -0.3 is 19.7 Å². The highest BCUT2D eigenvalue weighted by molar-refractivity contribution is 8.00. The highest BCUT2D eigenvalue weighted by Gasteiger charge is 2.38. The summed E-state index contributed by atoms with van der Waals surface area (Å²) in [5.41, 5.74) is 2.69. The van der Waals surface area contributed by atoms with E-state index in [9.17, 15) is 9.59 Å². The number of carbonyl (C=O) groups excluding carboxylic acids is 2. The van der Waals surface area contributed by atoms with E-state index < -0.39 is 5.41 Å². The van der Waals surface area contributed by atoms with Crippen molar-refractivity contribution < 1.29 is 9.59 Å². The van der Waals surface area contributed by atoms with Gasteiger partial charge in [0.1, 0.15) is 6.29 Å². The van der Waals surface area contributed by atoms with Crippen LogP contribution in [0.5, 0.6) is 0 Å². The van der Waals surface area contributed by atoms with E-state index >= 15 is 0 Å². The van der Waals surface area contributed by atoms with Crippen molar-refractivity contribution in [1.82, 2.24) is 9.88 Å². The molecule has 1 aromatic heterocycles. The Morgan fingerprint density at radius 3 is 2.53 bits per heavy atom. The Bertz CT molecular complexity index is 1400. The standard InChI is InChI=1S/C27H25ClN4O2S2/c1-29-26-30-24-22(35-26)7-4-8-23(24)36-31-19-11-9-18(10-12-19)25(34)32-15-13-27(17-33,14-16-32)20-5-2-3-6-21(20)28/h2-12,17,31H,13-16H2,1H3,(H,29,30). The molecule has 184 valence electrons. The molecule has 1 saturated heterocycles. The first-order chi connectivity index (χ1) is 17.5. The number of halogens is 1. The van der Waals surface area contributed by atoms with E-state index in [0.717, 1.165) is 37.8 Å². The Kier molecular flexibility index (Phi) is 7.18. The third-order valence-electron chi connectivity index (χ3n) is 6.59. The largest absolute Gasteiger partial charge is 0.365 e. The van der Waals surface area contributed by atoms with Crippen molar-refractivity contribution in [3.05, 3.63) is 82.9 Å². The van der Waals surface area contributed by atoms with Crippen molar-refractivity contribution >= 4 is 68.1 Å². The topological polar surface area (TPSA) is 74.3 Å². The fourth-order valence-corrected chi connectivity index (χ4v) is 6.51. The Labute approximate surface area is 223 Å². The van der Waals surface area contributed by atoms with Crippen molar-refractivity contribution in [3.63, 3.8) is 0 Å². The van der Waals surface area contributed by atoms with Gasteiger partial charge in [-0.2, -0.15) is 0 Å². The SMILES string of the molecule is CNc1nc2c(SNc3ccc(C(=O)N4CCC(C=O)(c5ccccc5Cl)CC4)cc3)cccc2s1. The van der Waals surface area contributed by atoms with Crippen molar-refractivity contribution in [3.8, 4) is 0 Å². The molecule has 0 aliphatic carbocycles. The van der Waals surface area contributed by atoms with Gasteiger partial charge in [0.15, 0.2) is 5.13 Å². The van der Waals surface area contributed by atoms with Gasteiger partial charge >= 0.3 is 0 Å². The number of piperidine rings is 1. The lowest BCUT2D eigenvalue weighted by atomic mass is 9.74. The first-order valence-corrected chi connectivity index (χ1v) is 13.6. The normalized spacial score (nSPS) is 15.0. The minimum Gasteiger partial charge on any atom is -0.365 e. The molecule has 3 aromatic carbocycles. The second-order valence-electron chi connectivity index (χ2n) is 8.70. The van der Waals surface area contributed by atoms with Gasteiger partial charge in [-0.25, -0.2) is 4.98 Å². The van der Waals surface area contributed by atoms with Crippen LogP contribution in [0, 0.1) is 0 Å². The smallest absolute Gasteiger partial charge is 0.253 e. The number of amides is 1. The minimum atomic E-state index is -0.645. The zero-order valence-electron chi connectivity index (χ0n) is 19.7. The molecule has 0 spiro atoms. The summed E-state index contributed by atoms with van der Waals surface area (Å²) in [5, 5.41) is 4.58. The Balaban J connectivity index is 1.22. The second kappa shape index (κ2) is 10.5. The summed E-state index contributed by atoms with van der Waals surface area (Å²) in [6, 6.07) is 21.1. The summed E-state index contributed by atoms with van der Waals surface area (Å²) < 4.78 is 4.48. The van der Waals surface area contributed by atoms with Crippen LogP contribution in [0.4, 0.5) is 10.8 Å². The number of nitrogens with one attached hydrogen (secondary N) is 2. The van der Waals surface area contributed by atoms with Gasteiger partial charge in [0, 0.05) is 36.4 Å². The number of aromatic nitrogens is 1. The number of thiazole rings is 1. The monoisotopic (exact) mass is 536 g/mol. The summed E-state index contributed by atoms with van der Waals surface area (Å²) in [4.78, 5) is 32.7. The zero-order valence-corrected chi connectivity index (χ0v) is 22.1. The van der Waals surface area contributed by atoms with Gasteiger partial charge in [0.2, 0.25) is 0 Å². The molecule has 0 unspecified atom stereocenters. The molecule has 5 rings (SSSR count). The molecular weight excluding hydrogens is 512 g/mol. The molecule has 2 heterocycles. The van der Waals surface area contributed by atoms with Crippen molar-refractivity contribution in [2.75, 3.05) is 30.2 Å². The minimum absolute atomic E-state index is 0.0281. The number of benzene rings is 3. The van der Waals surface area contributed by atoms with Crippen LogP contribution in [-0.2, 0) is 10.2 Å². The maximum Gasteiger partial charge on any atom is 0.253 e. The van der Waals surface area contributed by atoms with Crippen LogP contribution >= 0.6 is 34.9 Å². The van der Waals surface area contributed by atoms with E-state index in [1.165, 1.54) is 11.9 Å². The van der Waals surface area contributed by atoms with Crippen LogP contribution in [-0.4, -0.2) is 42.2 Å². The van der Waals surface area contributed by atoms with E-state index in [2.05, 4.69) is 21.1 Å². The van der Waals surface area contributed by atoms with E-state index in [1.54, 1.807) is 11.3 Å². The number of hydrogen-bond donors (Lipinski definition) is 2.